The fourth-order valence-electron chi connectivity index (χ4n) is 3.18. The molecule has 1 amide bonds. The molecule has 146 valence electrons. The lowest BCUT2D eigenvalue weighted by Crippen LogP contribution is -2.33. The number of amides is 1. The minimum absolute atomic E-state index is 0.280. The van der Waals surface area contributed by atoms with Crippen LogP contribution in [0.15, 0.2) is 68.8 Å². The van der Waals surface area contributed by atoms with E-state index in [1.807, 2.05) is 61.5 Å². The Hall–Kier alpha value is -2.42. The number of para-hydroxylation sites is 1. The first kappa shape index (κ1) is 19.9. The van der Waals surface area contributed by atoms with E-state index < -0.39 is 0 Å². The Bertz CT molecular complexity index is 1210. The average Bonchev–Trinajstić information content (AvgIpc) is 3.10. The van der Waals surface area contributed by atoms with E-state index in [2.05, 4.69) is 15.9 Å². The molecule has 0 saturated carbocycles. The number of carbonyl (C=O) groups is 1. The summed E-state index contributed by atoms with van der Waals surface area (Å²) in [5, 5.41) is 0. The topological polar surface area (TPSA) is 47.2 Å². The third kappa shape index (κ3) is 3.52. The lowest BCUT2D eigenvalue weighted by molar-refractivity contribution is -0.113. The molecule has 3 aromatic rings. The van der Waals surface area contributed by atoms with E-state index >= 15 is 0 Å². The molecular weight excluding hydrogens is 470 g/mol. The molecule has 29 heavy (non-hydrogen) atoms. The molecule has 1 aliphatic rings. The van der Waals surface area contributed by atoms with Crippen LogP contribution in [0.5, 0.6) is 0 Å². The molecule has 0 bridgehead atoms. The lowest BCUT2D eigenvalue weighted by Gasteiger charge is -2.12. The molecular formula is C21H16BrN3O2S2. The van der Waals surface area contributed by atoms with Gasteiger partial charge in [0.25, 0.3) is 11.5 Å². The van der Waals surface area contributed by atoms with Gasteiger partial charge in [-0.3, -0.25) is 19.2 Å². The summed E-state index contributed by atoms with van der Waals surface area (Å²) in [6.07, 6.45) is 1.79. The highest BCUT2D eigenvalue weighted by molar-refractivity contribution is 9.10. The quantitative estimate of drug-likeness (QED) is 0.400. The van der Waals surface area contributed by atoms with E-state index in [1.165, 1.54) is 16.7 Å². The number of benzene rings is 2. The highest BCUT2D eigenvalue weighted by atomic mass is 79.9. The zero-order chi connectivity index (χ0) is 20.7. The third-order valence-electron chi connectivity index (χ3n) is 4.71. The number of carbonyl (C=O) groups excluding carboxylic acids is 1. The molecule has 0 radical (unpaired) electrons. The Morgan fingerprint density at radius 3 is 2.34 bits per heavy atom. The van der Waals surface area contributed by atoms with Crippen LogP contribution >= 0.6 is 39.9 Å². The molecule has 0 atom stereocenters. The van der Waals surface area contributed by atoms with E-state index in [0.717, 1.165) is 15.7 Å². The molecule has 2 aromatic carbocycles. The van der Waals surface area contributed by atoms with Crippen molar-refractivity contribution in [1.29, 1.82) is 0 Å². The van der Waals surface area contributed by atoms with Crippen molar-refractivity contribution >= 4 is 61.9 Å². The van der Waals surface area contributed by atoms with Gasteiger partial charge in [-0.2, -0.15) is 0 Å². The highest BCUT2D eigenvalue weighted by Gasteiger charge is 2.37. The third-order valence-corrected chi connectivity index (χ3v) is 6.54. The molecule has 1 saturated heterocycles. The maximum absolute atomic E-state index is 13.2. The smallest absolute Gasteiger partial charge is 0.283 e. The van der Waals surface area contributed by atoms with E-state index in [1.54, 1.807) is 22.5 Å². The van der Waals surface area contributed by atoms with E-state index in [-0.39, 0.29) is 17.2 Å². The highest BCUT2D eigenvalue weighted by Crippen LogP contribution is 2.36. The first-order chi connectivity index (χ1) is 13.9. The van der Waals surface area contributed by atoms with Crippen molar-refractivity contribution in [3.63, 3.8) is 0 Å². The van der Waals surface area contributed by atoms with Crippen LogP contribution in [0.3, 0.4) is 0 Å². The molecule has 1 aromatic heterocycles. The average molecular weight is 486 g/mol. The Labute approximate surface area is 185 Å². The van der Waals surface area contributed by atoms with Crippen LogP contribution in [0.4, 0.5) is 5.69 Å². The van der Waals surface area contributed by atoms with Crippen molar-refractivity contribution in [3.05, 3.63) is 85.6 Å². The van der Waals surface area contributed by atoms with Crippen molar-refractivity contribution < 1.29 is 4.79 Å². The normalized spacial score (nSPS) is 15.6. The summed E-state index contributed by atoms with van der Waals surface area (Å²) in [6, 6.07) is 17.0. The Balaban J connectivity index is 1.78. The van der Waals surface area contributed by atoms with Gasteiger partial charge in [0.2, 0.25) is 0 Å². The van der Waals surface area contributed by atoms with Crippen LogP contribution in [0, 0.1) is 6.92 Å². The molecule has 0 unspecified atom stereocenters. The van der Waals surface area contributed by atoms with Crippen molar-refractivity contribution in [2.45, 2.75) is 6.92 Å². The number of hydrogen-bond acceptors (Lipinski definition) is 4. The molecule has 0 spiro atoms. The summed E-state index contributed by atoms with van der Waals surface area (Å²) in [6.45, 7) is 1.81. The Kier molecular flexibility index (Phi) is 5.33. The van der Waals surface area contributed by atoms with E-state index in [4.69, 9.17) is 12.2 Å². The maximum atomic E-state index is 13.2. The minimum Gasteiger partial charge on any atom is -0.283 e. The van der Waals surface area contributed by atoms with Gasteiger partial charge in [-0.1, -0.05) is 70.2 Å². The van der Waals surface area contributed by atoms with Crippen LogP contribution in [-0.2, 0) is 11.8 Å². The van der Waals surface area contributed by atoms with E-state index in [0.29, 0.717) is 14.9 Å². The van der Waals surface area contributed by atoms with Gasteiger partial charge in [-0.25, -0.2) is 4.68 Å². The zero-order valence-corrected chi connectivity index (χ0v) is 18.8. The van der Waals surface area contributed by atoms with Crippen molar-refractivity contribution in [2.75, 3.05) is 4.90 Å². The number of rotatable bonds is 3. The van der Waals surface area contributed by atoms with Gasteiger partial charge in [0.1, 0.15) is 5.69 Å². The van der Waals surface area contributed by atoms with Gasteiger partial charge in [0.15, 0.2) is 4.32 Å². The molecule has 1 aliphatic heterocycles. The maximum Gasteiger partial charge on any atom is 0.296 e. The van der Waals surface area contributed by atoms with Crippen molar-refractivity contribution in [2.24, 2.45) is 7.05 Å². The van der Waals surface area contributed by atoms with Crippen molar-refractivity contribution in [3.8, 4) is 5.69 Å². The van der Waals surface area contributed by atoms with Gasteiger partial charge in [0.05, 0.1) is 16.3 Å². The van der Waals surface area contributed by atoms with Gasteiger partial charge < -0.3 is 0 Å². The number of thiocarbonyl (C=S) groups is 1. The first-order valence-electron chi connectivity index (χ1n) is 8.76. The van der Waals surface area contributed by atoms with Crippen LogP contribution in [0.1, 0.15) is 11.3 Å². The SMILES string of the molecule is Cc1c(N2C(=O)/C(=C/c3ccc(Br)cc3)SC2=S)c(=O)n(-c2ccccc2)n1C. The second-order valence-electron chi connectivity index (χ2n) is 6.48. The lowest BCUT2D eigenvalue weighted by atomic mass is 10.2. The Morgan fingerprint density at radius 1 is 1.03 bits per heavy atom. The molecule has 1 fully saturated rings. The van der Waals surface area contributed by atoms with Crippen LogP contribution in [0.2, 0.25) is 0 Å². The summed E-state index contributed by atoms with van der Waals surface area (Å²) in [5.74, 6) is -0.283. The summed E-state index contributed by atoms with van der Waals surface area (Å²) in [5.41, 5.74) is 2.29. The summed E-state index contributed by atoms with van der Waals surface area (Å²) in [4.78, 5) is 28.2. The fourth-order valence-corrected chi connectivity index (χ4v) is 4.72. The number of thioether (sulfide) groups is 1. The second-order valence-corrected chi connectivity index (χ2v) is 9.07. The standard InChI is InChI=1S/C21H16BrN3O2S2/c1-13-18(20(27)25(23(13)2)16-6-4-3-5-7-16)24-19(26)17(29-21(24)28)12-14-8-10-15(22)11-9-14/h3-12H,1-2H3/b17-12-. The number of halogens is 1. The second kappa shape index (κ2) is 7.78. The largest absolute Gasteiger partial charge is 0.296 e. The van der Waals surface area contributed by atoms with E-state index in [9.17, 15) is 9.59 Å². The summed E-state index contributed by atoms with van der Waals surface area (Å²) < 4.78 is 4.60. The number of anilines is 1. The minimum atomic E-state index is -0.283. The van der Waals surface area contributed by atoms with Crippen molar-refractivity contribution in [1.82, 2.24) is 9.36 Å². The zero-order valence-electron chi connectivity index (χ0n) is 15.6. The van der Waals surface area contributed by atoms with Gasteiger partial charge in [-0.15, -0.1) is 0 Å². The predicted molar refractivity (Wildman–Crippen MR) is 126 cm³/mol. The summed E-state index contributed by atoms with van der Waals surface area (Å²) >= 11 is 10.1. The molecule has 4 rings (SSSR count). The molecule has 8 heteroatoms. The van der Waals surface area contributed by atoms with Crippen LogP contribution < -0.4 is 10.5 Å². The molecule has 2 heterocycles. The number of hydrogen-bond donors (Lipinski definition) is 0. The van der Waals surface area contributed by atoms with Gasteiger partial charge in [0, 0.05) is 11.5 Å². The number of nitrogens with zero attached hydrogens (tertiary/aromatic N) is 3. The van der Waals surface area contributed by atoms with Crippen LogP contribution in [0.25, 0.3) is 11.8 Å². The van der Waals surface area contributed by atoms with Gasteiger partial charge >= 0.3 is 0 Å². The fraction of sp³-hybridized carbons (Fsp3) is 0.0952. The van der Waals surface area contributed by atoms with Gasteiger partial charge in [-0.05, 0) is 42.8 Å². The Morgan fingerprint density at radius 2 is 1.69 bits per heavy atom. The van der Waals surface area contributed by atoms with Crippen LogP contribution in [-0.4, -0.2) is 19.6 Å². The molecule has 5 nitrogen and oxygen atoms in total. The molecule has 0 N–H and O–H groups in total. The molecule has 0 aliphatic carbocycles. The number of aromatic nitrogens is 2. The predicted octanol–water partition coefficient (Wildman–Crippen LogP) is 4.65. The summed E-state index contributed by atoms with van der Waals surface area (Å²) in [7, 11) is 1.79. The monoisotopic (exact) mass is 485 g/mol. The first-order valence-corrected chi connectivity index (χ1v) is 10.8.